The molecule has 160 valence electrons. The van der Waals surface area contributed by atoms with Crippen LogP contribution in [0.3, 0.4) is 0 Å². The van der Waals surface area contributed by atoms with Crippen LogP contribution in [0.2, 0.25) is 5.02 Å². The molecule has 0 radical (unpaired) electrons. The van der Waals surface area contributed by atoms with Gasteiger partial charge in [0.25, 0.3) is 11.5 Å². The first kappa shape index (κ1) is 21.0. The summed E-state index contributed by atoms with van der Waals surface area (Å²) in [5.74, 6) is -0.440. The number of rotatable bonds is 6. The van der Waals surface area contributed by atoms with E-state index >= 15 is 0 Å². The molecule has 0 aliphatic carbocycles. The van der Waals surface area contributed by atoms with E-state index in [1.165, 1.54) is 4.52 Å². The minimum absolute atomic E-state index is 0.0294. The van der Waals surface area contributed by atoms with Gasteiger partial charge in [-0.3, -0.25) is 14.2 Å². The Bertz CT molecular complexity index is 1340. The van der Waals surface area contributed by atoms with E-state index < -0.39 is 5.91 Å². The summed E-state index contributed by atoms with van der Waals surface area (Å²) in [7, 11) is 3.84. The lowest BCUT2D eigenvalue weighted by Gasteiger charge is -2.12. The van der Waals surface area contributed by atoms with Crippen LogP contribution < -0.4 is 10.9 Å². The lowest BCUT2D eigenvalue weighted by atomic mass is 10.2. The molecule has 0 aliphatic rings. The maximum atomic E-state index is 13.4. The zero-order valence-electron chi connectivity index (χ0n) is 17.6. The quantitative estimate of drug-likeness (QED) is 0.499. The molecule has 0 aliphatic heterocycles. The number of fused-ring (bicyclic) bond motifs is 3. The maximum Gasteiger partial charge on any atom is 0.296 e. The van der Waals surface area contributed by atoms with Crippen molar-refractivity contribution in [2.75, 3.05) is 27.2 Å². The molecule has 0 fully saturated rings. The third kappa shape index (κ3) is 4.30. The van der Waals surface area contributed by atoms with Crippen molar-refractivity contribution >= 4 is 34.2 Å². The van der Waals surface area contributed by atoms with Crippen LogP contribution in [0.15, 0.2) is 47.3 Å². The van der Waals surface area contributed by atoms with Crippen LogP contribution in [-0.2, 0) is 6.54 Å². The molecule has 0 bridgehead atoms. The van der Waals surface area contributed by atoms with E-state index in [2.05, 4.69) is 15.4 Å². The molecule has 1 amide bonds. The third-order valence-electron chi connectivity index (χ3n) is 4.97. The molecule has 0 atom stereocenters. The van der Waals surface area contributed by atoms with Crippen LogP contribution >= 0.6 is 11.6 Å². The molecule has 0 saturated heterocycles. The molecular weight excluding hydrogens is 416 g/mol. The Morgan fingerprint density at radius 2 is 1.97 bits per heavy atom. The highest BCUT2D eigenvalue weighted by atomic mass is 35.5. The average molecular weight is 439 g/mol. The first-order valence-corrected chi connectivity index (χ1v) is 10.3. The monoisotopic (exact) mass is 438 g/mol. The molecule has 2 aromatic heterocycles. The van der Waals surface area contributed by atoms with Gasteiger partial charge in [-0.05, 0) is 56.4 Å². The van der Waals surface area contributed by atoms with Gasteiger partial charge in [0.05, 0.1) is 17.6 Å². The number of likely N-dealkylation sites (N-methyl/N-ethyl adjacent to an activating group) is 1. The highest BCUT2D eigenvalue weighted by Gasteiger charge is 2.19. The van der Waals surface area contributed by atoms with Crippen molar-refractivity contribution in [2.45, 2.75) is 13.5 Å². The summed E-state index contributed by atoms with van der Waals surface area (Å²) in [5, 5.41) is 7.73. The van der Waals surface area contributed by atoms with E-state index in [-0.39, 0.29) is 17.0 Å². The number of hydrogen-bond acceptors (Lipinski definition) is 5. The van der Waals surface area contributed by atoms with Crippen LogP contribution in [0.1, 0.15) is 21.7 Å². The summed E-state index contributed by atoms with van der Waals surface area (Å²) in [6.45, 7) is 3.43. The predicted molar refractivity (Wildman–Crippen MR) is 121 cm³/mol. The fourth-order valence-corrected chi connectivity index (χ4v) is 3.63. The number of nitrogens with one attached hydrogen (secondary N) is 1. The molecule has 1 N–H and O–H groups in total. The van der Waals surface area contributed by atoms with Gasteiger partial charge in [-0.25, -0.2) is 4.52 Å². The lowest BCUT2D eigenvalue weighted by Crippen LogP contribution is -2.32. The fraction of sp³-hybridized carbons (Fsp3) is 0.273. The number of nitrogens with zero attached hydrogens (tertiary/aromatic N) is 5. The van der Waals surface area contributed by atoms with Crippen LogP contribution in [0.4, 0.5) is 0 Å². The second kappa shape index (κ2) is 8.49. The second-order valence-electron chi connectivity index (χ2n) is 7.74. The lowest BCUT2D eigenvalue weighted by molar-refractivity contribution is 0.0941. The van der Waals surface area contributed by atoms with Crippen LogP contribution in [0.25, 0.3) is 16.7 Å². The highest BCUT2D eigenvalue weighted by Crippen LogP contribution is 2.18. The summed E-state index contributed by atoms with van der Waals surface area (Å²) in [4.78, 5) is 32.1. The van der Waals surface area contributed by atoms with Gasteiger partial charge in [0, 0.05) is 18.1 Å². The number of amides is 1. The minimum Gasteiger partial charge on any atom is -0.348 e. The molecule has 2 heterocycles. The normalized spacial score (nSPS) is 11.5. The van der Waals surface area contributed by atoms with Gasteiger partial charge in [-0.15, -0.1) is 5.10 Å². The van der Waals surface area contributed by atoms with E-state index in [9.17, 15) is 9.59 Å². The first-order valence-electron chi connectivity index (χ1n) is 9.91. The number of carbonyl (C=O) groups is 1. The van der Waals surface area contributed by atoms with Crippen LogP contribution in [0, 0.1) is 6.92 Å². The topological polar surface area (TPSA) is 84.5 Å². The zero-order valence-corrected chi connectivity index (χ0v) is 18.3. The molecule has 4 aromatic rings. The summed E-state index contributed by atoms with van der Waals surface area (Å²) in [5.41, 5.74) is 3.09. The van der Waals surface area contributed by atoms with E-state index in [4.69, 9.17) is 11.6 Å². The number of aryl methyl sites for hydroxylation is 1. The molecule has 2 aromatic carbocycles. The number of hydrogen-bond donors (Lipinski definition) is 1. The van der Waals surface area contributed by atoms with Gasteiger partial charge in [-0.2, -0.15) is 4.98 Å². The fourth-order valence-electron chi connectivity index (χ4n) is 3.42. The molecule has 0 unspecified atom stereocenters. The van der Waals surface area contributed by atoms with E-state index in [1.54, 1.807) is 10.6 Å². The predicted octanol–water partition coefficient (Wildman–Crippen LogP) is 2.35. The van der Waals surface area contributed by atoms with Crippen molar-refractivity contribution in [1.29, 1.82) is 0 Å². The van der Waals surface area contributed by atoms with E-state index in [1.807, 2.05) is 62.3 Å². The maximum absolute atomic E-state index is 13.4. The molecule has 31 heavy (non-hydrogen) atoms. The van der Waals surface area contributed by atoms with Crippen molar-refractivity contribution < 1.29 is 4.79 Å². The van der Waals surface area contributed by atoms with Gasteiger partial charge < -0.3 is 10.2 Å². The average Bonchev–Trinajstić information content (AvgIpc) is 3.16. The Balaban J connectivity index is 1.83. The van der Waals surface area contributed by atoms with Gasteiger partial charge in [0.2, 0.25) is 11.5 Å². The number of aromatic nitrogens is 4. The number of carbonyl (C=O) groups excluding carboxylic acids is 1. The number of benzene rings is 2. The van der Waals surface area contributed by atoms with Gasteiger partial charge in [0.15, 0.2) is 0 Å². The summed E-state index contributed by atoms with van der Waals surface area (Å²) in [6, 6.07) is 13.1. The van der Waals surface area contributed by atoms with Crippen molar-refractivity contribution in [3.05, 3.63) is 74.8 Å². The highest BCUT2D eigenvalue weighted by molar-refractivity contribution is 6.30. The Morgan fingerprint density at radius 1 is 1.16 bits per heavy atom. The van der Waals surface area contributed by atoms with Crippen molar-refractivity contribution in [3.63, 3.8) is 0 Å². The molecule has 0 spiro atoms. The smallest absolute Gasteiger partial charge is 0.296 e. The largest absolute Gasteiger partial charge is 0.348 e. The molecule has 9 heteroatoms. The van der Waals surface area contributed by atoms with Crippen LogP contribution in [-0.4, -0.2) is 57.2 Å². The third-order valence-corrected chi connectivity index (χ3v) is 5.21. The van der Waals surface area contributed by atoms with Gasteiger partial charge in [-0.1, -0.05) is 29.8 Å². The second-order valence-corrected chi connectivity index (χ2v) is 8.18. The Kier molecular flexibility index (Phi) is 5.75. The molecule has 8 nitrogen and oxygen atoms in total. The first-order chi connectivity index (χ1) is 14.8. The SMILES string of the molecule is Cc1ccc2c(c1)n(Cc1cccc(Cl)c1)c(=O)c1nc(C(=O)NCCN(C)C)nn12. The van der Waals surface area contributed by atoms with Crippen molar-refractivity contribution in [1.82, 2.24) is 29.4 Å². The van der Waals surface area contributed by atoms with Crippen molar-refractivity contribution in [2.24, 2.45) is 0 Å². The van der Waals surface area contributed by atoms with E-state index in [0.29, 0.717) is 35.7 Å². The summed E-state index contributed by atoms with van der Waals surface area (Å²) in [6.07, 6.45) is 0. The molecule has 0 saturated carbocycles. The standard InChI is InChI=1S/C22H23ClN6O2/c1-14-7-8-17-18(11-14)28(13-15-5-4-6-16(23)12-15)22(31)20-25-19(26-29(17)20)21(30)24-9-10-27(2)3/h4-8,11-12H,9-10,13H2,1-3H3,(H,24,30). The summed E-state index contributed by atoms with van der Waals surface area (Å²) >= 11 is 6.13. The molecule has 4 rings (SSSR count). The van der Waals surface area contributed by atoms with Crippen molar-refractivity contribution in [3.8, 4) is 0 Å². The van der Waals surface area contributed by atoms with Gasteiger partial charge >= 0.3 is 0 Å². The Morgan fingerprint density at radius 3 is 2.71 bits per heavy atom. The molecular formula is C22H23ClN6O2. The Labute approximate surface area is 184 Å². The minimum atomic E-state index is -0.411. The number of halogens is 1. The Hall–Kier alpha value is -3.23. The zero-order chi connectivity index (χ0) is 22.1. The van der Waals surface area contributed by atoms with Gasteiger partial charge in [0.1, 0.15) is 0 Å². The van der Waals surface area contributed by atoms with E-state index in [0.717, 1.165) is 11.1 Å². The summed E-state index contributed by atoms with van der Waals surface area (Å²) < 4.78 is 3.10. The van der Waals surface area contributed by atoms with Crippen LogP contribution in [0.5, 0.6) is 0 Å².